The molecule has 0 aromatic carbocycles. The maximum absolute atomic E-state index is 11.0. The van der Waals surface area contributed by atoms with E-state index in [1.54, 1.807) is 0 Å². The standard InChI is InChI=1S/C6H14N2O3S/c7-1-2-8-5-3-12(10,11)4-6(5)9/h5-6,8-9H,1-4,7H2/t5-,6+/m1/s1. The van der Waals surface area contributed by atoms with Crippen LogP contribution in [-0.4, -0.2) is 50.3 Å². The number of hydrogen-bond donors (Lipinski definition) is 3. The summed E-state index contributed by atoms with van der Waals surface area (Å²) in [5.74, 6) is -0.108. The van der Waals surface area contributed by atoms with Crippen molar-refractivity contribution in [3.8, 4) is 0 Å². The fourth-order valence-electron chi connectivity index (χ4n) is 1.29. The van der Waals surface area contributed by atoms with Crippen LogP contribution < -0.4 is 11.1 Å². The summed E-state index contributed by atoms with van der Waals surface area (Å²) in [6.07, 6.45) is -0.776. The monoisotopic (exact) mass is 194 g/mol. The first-order valence-corrected chi connectivity index (χ1v) is 5.69. The van der Waals surface area contributed by atoms with Gasteiger partial charge in [-0.3, -0.25) is 0 Å². The van der Waals surface area contributed by atoms with Gasteiger partial charge in [-0.2, -0.15) is 0 Å². The smallest absolute Gasteiger partial charge is 0.154 e. The Morgan fingerprint density at radius 2 is 2.17 bits per heavy atom. The molecule has 1 aliphatic heterocycles. The minimum atomic E-state index is -3.03. The maximum Gasteiger partial charge on any atom is 0.154 e. The zero-order chi connectivity index (χ0) is 9.19. The van der Waals surface area contributed by atoms with Crippen molar-refractivity contribution in [3.05, 3.63) is 0 Å². The highest BCUT2D eigenvalue weighted by molar-refractivity contribution is 7.91. The molecular formula is C6H14N2O3S. The molecule has 1 aliphatic rings. The second kappa shape index (κ2) is 3.69. The first-order chi connectivity index (χ1) is 5.55. The molecule has 0 aromatic heterocycles. The largest absolute Gasteiger partial charge is 0.390 e. The van der Waals surface area contributed by atoms with E-state index in [9.17, 15) is 13.5 Å². The van der Waals surface area contributed by atoms with E-state index in [1.807, 2.05) is 0 Å². The number of nitrogens with one attached hydrogen (secondary N) is 1. The third-order valence-corrected chi connectivity index (χ3v) is 3.59. The zero-order valence-corrected chi connectivity index (χ0v) is 7.55. The molecule has 0 spiro atoms. The van der Waals surface area contributed by atoms with Gasteiger partial charge in [0.15, 0.2) is 9.84 Å². The molecule has 1 rings (SSSR count). The van der Waals surface area contributed by atoms with Crippen LogP contribution in [0, 0.1) is 0 Å². The maximum atomic E-state index is 11.0. The normalized spacial score (nSPS) is 33.8. The van der Waals surface area contributed by atoms with Crippen LogP contribution in [0.1, 0.15) is 0 Å². The van der Waals surface area contributed by atoms with Gasteiger partial charge in [-0.1, -0.05) is 0 Å². The number of rotatable bonds is 3. The molecule has 0 bridgehead atoms. The lowest BCUT2D eigenvalue weighted by Gasteiger charge is -2.13. The van der Waals surface area contributed by atoms with Gasteiger partial charge in [0.25, 0.3) is 0 Å². The zero-order valence-electron chi connectivity index (χ0n) is 6.73. The van der Waals surface area contributed by atoms with Crippen molar-refractivity contribution in [2.75, 3.05) is 24.6 Å². The minimum absolute atomic E-state index is 0.0220. The number of aliphatic hydroxyl groups excluding tert-OH is 1. The highest BCUT2D eigenvalue weighted by Gasteiger charge is 2.35. The summed E-state index contributed by atoms with van der Waals surface area (Å²) in [4.78, 5) is 0. The van der Waals surface area contributed by atoms with Crippen LogP contribution in [0.2, 0.25) is 0 Å². The number of aliphatic hydroxyl groups is 1. The molecule has 6 heteroatoms. The molecule has 5 nitrogen and oxygen atoms in total. The molecule has 0 saturated carbocycles. The van der Waals surface area contributed by atoms with Crippen molar-refractivity contribution in [1.29, 1.82) is 0 Å². The predicted molar refractivity (Wildman–Crippen MR) is 45.5 cm³/mol. The van der Waals surface area contributed by atoms with Crippen molar-refractivity contribution in [3.63, 3.8) is 0 Å². The summed E-state index contributed by atoms with van der Waals surface area (Å²) >= 11 is 0. The van der Waals surface area contributed by atoms with Crippen LogP contribution >= 0.6 is 0 Å². The molecule has 1 saturated heterocycles. The quantitative estimate of drug-likeness (QED) is 0.469. The fraction of sp³-hybridized carbons (Fsp3) is 1.00. The summed E-state index contributed by atoms with van der Waals surface area (Å²) in [7, 11) is -3.03. The van der Waals surface area contributed by atoms with Crippen LogP contribution in [0.15, 0.2) is 0 Å². The van der Waals surface area contributed by atoms with Gasteiger partial charge in [-0.05, 0) is 0 Å². The van der Waals surface area contributed by atoms with Crippen LogP contribution in [0.25, 0.3) is 0 Å². The predicted octanol–water partition coefficient (Wildman–Crippen LogP) is -2.31. The Hall–Kier alpha value is -0.170. The molecular weight excluding hydrogens is 180 g/mol. The lowest BCUT2D eigenvalue weighted by Crippen LogP contribution is -2.41. The molecule has 0 amide bonds. The van der Waals surface area contributed by atoms with E-state index < -0.39 is 15.9 Å². The van der Waals surface area contributed by atoms with Gasteiger partial charge in [0.05, 0.1) is 17.6 Å². The van der Waals surface area contributed by atoms with Crippen molar-refractivity contribution >= 4 is 9.84 Å². The van der Waals surface area contributed by atoms with Gasteiger partial charge in [0.1, 0.15) is 0 Å². The minimum Gasteiger partial charge on any atom is -0.390 e. The Labute approximate surface area is 71.9 Å². The molecule has 0 radical (unpaired) electrons. The van der Waals surface area contributed by atoms with Crippen molar-refractivity contribution in [1.82, 2.24) is 5.32 Å². The Morgan fingerprint density at radius 3 is 2.58 bits per heavy atom. The van der Waals surface area contributed by atoms with Gasteiger partial charge in [-0.15, -0.1) is 0 Å². The second-order valence-corrected chi connectivity index (χ2v) is 5.15. The highest BCUT2D eigenvalue weighted by atomic mass is 32.2. The summed E-state index contributed by atoms with van der Waals surface area (Å²) in [6, 6.07) is -0.335. The van der Waals surface area contributed by atoms with Gasteiger partial charge in [0, 0.05) is 19.1 Å². The summed E-state index contributed by atoms with van der Waals surface area (Å²) in [6.45, 7) is 0.987. The van der Waals surface area contributed by atoms with Crippen molar-refractivity contribution < 1.29 is 13.5 Å². The fourth-order valence-corrected chi connectivity index (χ4v) is 3.07. The molecule has 1 heterocycles. The van der Waals surface area contributed by atoms with E-state index in [0.717, 1.165) is 0 Å². The van der Waals surface area contributed by atoms with E-state index >= 15 is 0 Å². The van der Waals surface area contributed by atoms with E-state index in [4.69, 9.17) is 5.73 Å². The van der Waals surface area contributed by atoms with Crippen molar-refractivity contribution in [2.45, 2.75) is 12.1 Å². The lowest BCUT2D eigenvalue weighted by molar-refractivity contribution is 0.167. The lowest BCUT2D eigenvalue weighted by atomic mass is 10.2. The Balaban J connectivity index is 2.47. The Kier molecular flexibility index (Phi) is 3.05. The Bertz CT molecular complexity index is 239. The SMILES string of the molecule is NCCN[C@@H]1CS(=O)(=O)C[C@@H]1O. The Morgan fingerprint density at radius 1 is 1.50 bits per heavy atom. The van der Waals surface area contributed by atoms with E-state index in [0.29, 0.717) is 13.1 Å². The summed E-state index contributed by atoms with van der Waals surface area (Å²) < 4.78 is 22.0. The molecule has 0 aliphatic carbocycles. The molecule has 4 N–H and O–H groups in total. The van der Waals surface area contributed by atoms with Gasteiger partial charge in [-0.25, -0.2) is 8.42 Å². The molecule has 12 heavy (non-hydrogen) atoms. The average molecular weight is 194 g/mol. The van der Waals surface area contributed by atoms with Crippen LogP contribution in [0.3, 0.4) is 0 Å². The van der Waals surface area contributed by atoms with Crippen molar-refractivity contribution in [2.24, 2.45) is 5.73 Å². The highest BCUT2D eigenvalue weighted by Crippen LogP contribution is 2.11. The van der Waals surface area contributed by atoms with E-state index in [-0.39, 0.29) is 17.5 Å². The molecule has 0 aromatic rings. The molecule has 1 fully saturated rings. The first kappa shape index (κ1) is 9.91. The summed E-state index contributed by atoms with van der Waals surface area (Å²) in [5, 5.41) is 12.2. The van der Waals surface area contributed by atoms with E-state index in [2.05, 4.69) is 5.32 Å². The number of sulfone groups is 1. The number of hydrogen-bond acceptors (Lipinski definition) is 5. The van der Waals surface area contributed by atoms with Gasteiger partial charge in [0.2, 0.25) is 0 Å². The first-order valence-electron chi connectivity index (χ1n) is 3.87. The number of nitrogens with two attached hydrogens (primary N) is 1. The van der Waals surface area contributed by atoms with Crippen LogP contribution in [-0.2, 0) is 9.84 Å². The third kappa shape index (κ3) is 2.41. The van der Waals surface area contributed by atoms with Crippen LogP contribution in [0.5, 0.6) is 0 Å². The summed E-state index contributed by atoms with van der Waals surface area (Å²) in [5.41, 5.74) is 5.23. The molecule has 72 valence electrons. The topological polar surface area (TPSA) is 92.4 Å². The third-order valence-electron chi connectivity index (χ3n) is 1.87. The van der Waals surface area contributed by atoms with E-state index in [1.165, 1.54) is 0 Å². The van der Waals surface area contributed by atoms with Gasteiger partial charge < -0.3 is 16.2 Å². The molecule has 2 atom stereocenters. The average Bonchev–Trinajstić information content (AvgIpc) is 2.20. The van der Waals surface area contributed by atoms with Gasteiger partial charge >= 0.3 is 0 Å². The second-order valence-electron chi connectivity index (χ2n) is 2.99. The molecule has 0 unspecified atom stereocenters. The van der Waals surface area contributed by atoms with Crippen LogP contribution in [0.4, 0.5) is 0 Å².